The molecule has 1 aliphatic heterocycles. The molecule has 3 heterocycles. The van der Waals surface area contributed by atoms with Crippen LogP contribution in [0.3, 0.4) is 0 Å². The van der Waals surface area contributed by atoms with Gasteiger partial charge in [0.15, 0.2) is 5.65 Å². The molecule has 0 radical (unpaired) electrons. The first-order valence-electron chi connectivity index (χ1n) is 5.57. The van der Waals surface area contributed by atoms with E-state index in [0.717, 1.165) is 42.8 Å². The van der Waals surface area contributed by atoms with Crippen LogP contribution in [0.5, 0.6) is 0 Å². The van der Waals surface area contributed by atoms with Crippen molar-refractivity contribution >= 4 is 11.2 Å². The Morgan fingerprint density at radius 1 is 1.38 bits per heavy atom. The zero-order valence-electron chi connectivity index (χ0n) is 9.22. The Bertz CT molecular complexity index is 499. The molecule has 3 rings (SSSR count). The molecule has 1 saturated heterocycles. The molecule has 6 heteroatoms. The van der Waals surface area contributed by atoms with E-state index in [2.05, 4.69) is 25.6 Å². The second-order valence-corrected chi connectivity index (χ2v) is 4.17. The van der Waals surface area contributed by atoms with E-state index < -0.39 is 0 Å². The van der Waals surface area contributed by atoms with E-state index in [1.54, 1.807) is 4.68 Å². The average molecular weight is 218 g/mol. The van der Waals surface area contributed by atoms with Crippen LogP contribution in [0.4, 0.5) is 0 Å². The van der Waals surface area contributed by atoms with Crippen LogP contribution in [0.2, 0.25) is 0 Å². The molecule has 2 aromatic heterocycles. The summed E-state index contributed by atoms with van der Waals surface area (Å²) in [4.78, 5) is 4.30. The second kappa shape index (κ2) is 3.79. The molecule has 16 heavy (non-hydrogen) atoms. The van der Waals surface area contributed by atoms with Crippen LogP contribution >= 0.6 is 0 Å². The Labute approximate surface area is 93.1 Å². The fourth-order valence-electron chi connectivity index (χ4n) is 2.29. The van der Waals surface area contributed by atoms with E-state index in [4.69, 9.17) is 0 Å². The predicted octanol–water partition coefficient (Wildman–Crippen LogP) is 0.225. The molecule has 2 aromatic rings. The van der Waals surface area contributed by atoms with Gasteiger partial charge < -0.3 is 5.32 Å². The first-order chi connectivity index (χ1) is 7.86. The van der Waals surface area contributed by atoms with Gasteiger partial charge in [0.25, 0.3) is 0 Å². The van der Waals surface area contributed by atoms with Crippen molar-refractivity contribution in [3.63, 3.8) is 0 Å². The van der Waals surface area contributed by atoms with Crippen LogP contribution in [0, 0.1) is 0 Å². The van der Waals surface area contributed by atoms with Crippen molar-refractivity contribution in [3.05, 3.63) is 12.0 Å². The topological polar surface area (TPSA) is 68.5 Å². The average Bonchev–Trinajstić information content (AvgIpc) is 2.69. The molecule has 1 N–H and O–H groups in total. The van der Waals surface area contributed by atoms with Gasteiger partial charge in [0.05, 0.1) is 5.69 Å². The molecule has 0 saturated carbocycles. The van der Waals surface area contributed by atoms with Gasteiger partial charge in [0.2, 0.25) is 0 Å². The summed E-state index contributed by atoms with van der Waals surface area (Å²) < 4.78 is 1.77. The summed E-state index contributed by atoms with van der Waals surface area (Å²) in [5.41, 5.74) is 2.76. The highest BCUT2D eigenvalue weighted by molar-refractivity contribution is 5.73. The van der Waals surface area contributed by atoms with Gasteiger partial charge in [-0.1, -0.05) is 0 Å². The number of hydrogen-bond donors (Lipinski definition) is 1. The largest absolute Gasteiger partial charge is 0.317 e. The van der Waals surface area contributed by atoms with Crippen molar-refractivity contribution in [2.24, 2.45) is 7.05 Å². The minimum atomic E-state index is 0.502. The van der Waals surface area contributed by atoms with Gasteiger partial charge in [0.1, 0.15) is 11.8 Å². The van der Waals surface area contributed by atoms with Gasteiger partial charge >= 0.3 is 0 Å². The third-order valence-corrected chi connectivity index (χ3v) is 3.14. The molecule has 0 atom stereocenters. The summed E-state index contributed by atoms with van der Waals surface area (Å²) in [6, 6.07) is 0. The number of aromatic nitrogens is 5. The molecular weight excluding hydrogens is 204 g/mol. The molecule has 1 fully saturated rings. The molecule has 0 aliphatic carbocycles. The van der Waals surface area contributed by atoms with Crippen LogP contribution in [0.25, 0.3) is 11.2 Å². The maximum atomic E-state index is 4.54. The monoisotopic (exact) mass is 218 g/mol. The van der Waals surface area contributed by atoms with E-state index in [0.29, 0.717) is 5.92 Å². The SMILES string of the molecule is Cn1nc(C2CCNCC2)c2ncnnc21. The lowest BCUT2D eigenvalue weighted by atomic mass is 9.94. The summed E-state index contributed by atoms with van der Waals surface area (Å²) >= 11 is 0. The van der Waals surface area contributed by atoms with Gasteiger partial charge in [-0.15, -0.1) is 10.2 Å². The van der Waals surface area contributed by atoms with Crippen molar-refractivity contribution < 1.29 is 0 Å². The molecule has 0 aromatic carbocycles. The number of fused-ring (bicyclic) bond motifs is 1. The second-order valence-electron chi connectivity index (χ2n) is 4.17. The summed E-state index contributed by atoms with van der Waals surface area (Å²) in [6.45, 7) is 2.11. The molecule has 1 aliphatic rings. The lowest BCUT2D eigenvalue weighted by Gasteiger charge is -2.20. The lowest BCUT2D eigenvalue weighted by molar-refractivity contribution is 0.451. The lowest BCUT2D eigenvalue weighted by Crippen LogP contribution is -2.27. The fraction of sp³-hybridized carbons (Fsp3) is 0.600. The highest BCUT2D eigenvalue weighted by Crippen LogP contribution is 2.27. The van der Waals surface area contributed by atoms with Crippen molar-refractivity contribution in [2.75, 3.05) is 13.1 Å². The van der Waals surface area contributed by atoms with Crippen molar-refractivity contribution in [1.29, 1.82) is 0 Å². The van der Waals surface area contributed by atoms with E-state index >= 15 is 0 Å². The molecule has 84 valence electrons. The standard InChI is InChI=1S/C10H14N6/c1-16-10-9(12-6-13-14-10)8(15-16)7-2-4-11-5-3-7/h6-7,11H,2-5H2,1H3. The first kappa shape index (κ1) is 9.65. The number of piperidine rings is 1. The maximum Gasteiger partial charge on any atom is 0.199 e. The Morgan fingerprint density at radius 2 is 2.19 bits per heavy atom. The number of hydrogen-bond acceptors (Lipinski definition) is 5. The molecule has 0 unspecified atom stereocenters. The zero-order chi connectivity index (χ0) is 11.0. The number of rotatable bonds is 1. The third-order valence-electron chi connectivity index (χ3n) is 3.14. The predicted molar refractivity (Wildman–Crippen MR) is 58.9 cm³/mol. The van der Waals surface area contributed by atoms with Crippen LogP contribution in [0.1, 0.15) is 24.5 Å². The Kier molecular flexibility index (Phi) is 2.28. The summed E-state index contributed by atoms with van der Waals surface area (Å²) in [5.74, 6) is 0.502. The Hall–Kier alpha value is -1.56. The van der Waals surface area contributed by atoms with Gasteiger partial charge in [-0.2, -0.15) is 5.10 Å². The molecular formula is C10H14N6. The highest BCUT2D eigenvalue weighted by atomic mass is 15.3. The minimum Gasteiger partial charge on any atom is -0.317 e. The zero-order valence-corrected chi connectivity index (χ0v) is 9.22. The quantitative estimate of drug-likeness (QED) is 0.741. The van der Waals surface area contributed by atoms with Crippen LogP contribution < -0.4 is 5.32 Å². The third kappa shape index (κ3) is 1.46. The molecule has 0 bridgehead atoms. The molecule has 6 nitrogen and oxygen atoms in total. The number of nitrogens with zero attached hydrogens (tertiary/aromatic N) is 5. The van der Waals surface area contributed by atoms with E-state index in [1.165, 1.54) is 6.33 Å². The van der Waals surface area contributed by atoms with E-state index in [-0.39, 0.29) is 0 Å². The summed E-state index contributed by atoms with van der Waals surface area (Å²) in [6.07, 6.45) is 3.74. The van der Waals surface area contributed by atoms with E-state index in [9.17, 15) is 0 Å². The highest BCUT2D eigenvalue weighted by Gasteiger charge is 2.22. The molecule has 0 amide bonds. The fourth-order valence-corrected chi connectivity index (χ4v) is 2.29. The van der Waals surface area contributed by atoms with Crippen molar-refractivity contribution in [1.82, 2.24) is 30.3 Å². The Morgan fingerprint density at radius 3 is 3.00 bits per heavy atom. The summed E-state index contributed by atoms with van der Waals surface area (Å²) in [7, 11) is 1.89. The van der Waals surface area contributed by atoms with Gasteiger partial charge in [0, 0.05) is 13.0 Å². The van der Waals surface area contributed by atoms with Crippen LogP contribution in [-0.2, 0) is 7.05 Å². The number of aryl methyl sites for hydroxylation is 1. The first-order valence-corrected chi connectivity index (χ1v) is 5.57. The van der Waals surface area contributed by atoms with Crippen LogP contribution in [-0.4, -0.2) is 38.1 Å². The van der Waals surface area contributed by atoms with E-state index in [1.807, 2.05) is 7.05 Å². The van der Waals surface area contributed by atoms with Crippen molar-refractivity contribution in [3.8, 4) is 0 Å². The summed E-state index contributed by atoms with van der Waals surface area (Å²) in [5, 5.41) is 15.8. The smallest absolute Gasteiger partial charge is 0.199 e. The van der Waals surface area contributed by atoms with Gasteiger partial charge in [-0.3, -0.25) is 0 Å². The number of nitrogens with one attached hydrogen (secondary N) is 1. The van der Waals surface area contributed by atoms with Gasteiger partial charge in [-0.25, -0.2) is 9.67 Å². The van der Waals surface area contributed by atoms with Crippen LogP contribution in [0.15, 0.2) is 6.33 Å². The Balaban J connectivity index is 2.08. The molecule has 0 spiro atoms. The van der Waals surface area contributed by atoms with Crippen molar-refractivity contribution in [2.45, 2.75) is 18.8 Å². The maximum absolute atomic E-state index is 4.54. The normalized spacial score (nSPS) is 18.1. The minimum absolute atomic E-state index is 0.502. The van der Waals surface area contributed by atoms with Gasteiger partial charge in [-0.05, 0) is 25.9 Å².